The highest BCUT2D eigenvalue weighted by atomic mass is 16.6. The Morgan fingerprint density at radius 2 is 1.88 bits per heavy atom. The van der Waals surface area contributed by atoms with Crippen LogP contribution in [0.1, 0.15) is 93.5 Å². The van der Waals surface area contributed by atoms with E-state index in [-0.39, 0.29) is 30.9 Å². The summed E-state index contributed by atoms with van der Waals surface area (Å²) in [6.07, 6.45) is 3.39. The van der Waals surface area contributed by atoms with E-state index in [0.717, 1.165) is 24.1 Å². The second-order valence-corrected chi connectivity index (χ2v) is 11.9. The Kier molecular flexibility index (Phi) is 7.98. The minimum Gasteiger partial charge on any atom is -0.470 e. The number of carbonyl (C=O) groups excluding carboxylic acids is 2. The standard InChI is InChI=1S/C32H40N4O5/c1-7-39-30(37)28-29(36-15-9-8-10-26(36)34-28)40-19-25-27(20(2)3)23-18-22(11-12-24(23)33-25)21-13-16-35(17-14-21)31(38)41-32(4,5)6/h8-12,15,18,20-21,33H,7,13-14,16-17,19H2,1-6H3. The van der Waals surface area contributed by atoms with Gasteiger partial charge in [-0.15, -0.1) is 0 Å². The minimum atomic E-state index is -0.505. The second-order valence-electron chi connectivity index (χ2n) is 11.9. The van der Waals surface area contributed by atoms with Crippen LogP contribution in [0.25, 0.3) is 16.6 Å². The molecular weight excluding hydrogens is 520 g/mol. The van der Waals surface area contributed by atoms with Crippen molar-refractivity contribution in [3.8, 4) is 5.88 Å². The van der Waals surface area contributed by atoms with E-state index in [0.29, 0.717) is 30.5 Å². The highest BCUT2D eigenvalue weighted by Gasteiger charge is 2.28. The van der Waals surface area contributed by atoms with Crippen molar-refractivity contribution in [2.45, 2.75) is 78.4 Å². The van der Waals surface area contributed by atoms with Crippen molar-refractivity contribution in [3.63, 3.8) is 0 Å². The zero-order valence-electron chi connectivity index (χ0n) is 24.8. The zero-order valence-corrected chi connectivity index (χ0v) is 24.8. The number of aromatic nitrogens is 3. The Bertz CT molecular complexity index is 1550. The van der Waals surface area contributed by atoms with Gasteiger partial charge in [-0.25, -0.2) is 14.6 Å². The van der Waals surface area contributed by atoms with Crippen LogP contribution in [0.4, 0.5) is 4.79 Å². The summed E-state index contributed by atoms with van der Waals surface area (Å²) < 4.78 is 18.9. The van der Waals surface area contributed by atoms with Crippen molar-refractivity contribution >= 4 is 28.6 Å². The third-order valence-electron chi connectivity index (χ3n) is 7.45. The van der Waals surface area contributed by atoms with E-state index >= 15 is 0 Å². The van der Waals surface area contributed by atoms with Crippen LogP contribution in [0.5, 0.6) is 5.88 Å². The number of fused-ring (bicyclic) bond motifs is 2. The van der Waals surface area contributed by atoms with Crippen LogP contribution in [-0.4, -0.2) is 56.6 Å². The normalized spacial score (nSPS) is 14.7. The molecule has 1 amide bonds. The van der Waals surface area contributed by atoms with Gasteiger partial charge in [0.1, 0.15) is 17.9 Å². The van der Waals surface area contributed by atoms with Gasteiger partial charge in [0, 0.05) is 30.2 Å². The molecule has 1 fully saturated rings. The Labute approximate surface area is 240 Å². The molecule has 218 valence electrons. The fraction of sp³-hybridized carbons (Fsp3) is 0.469. The number of hydrogen-bond acceptors (Lipinski definition) is 6. The summed E-state index contributed by atoms with van der Waals surface area (Å²) in [6.45, 7) is 13.7. The third-order valence-corrected chi connectivity index (χ3v) is 7.45. The highest BCUT2D eigenvalue weighted by molar-refractivity contribution is 5.91. The number of pyridine rings is 1. The number of imidazole rings is 1. The number of benzene rings is 1. The van der Waals surface area contributed by atoms with Crippen molar-refractivity contribution in [2.75, 3.05) is 19.7 Å². The maximum absolute atomic E-state index is 12.7. The largest absolute Gasteiger partial charge is 0.470 e. The number of ether oxygens (including phenoxy) is 3. The number of nitrogens with one attached hydrogen (secondary N) is 1. The molecule has 0 aliphatic carbocycles. The summed E-state index contributed by atoms with van der Waals surface area (Å²) in [5.41, 5.74) is 4.78. The number of likely N-dealkylation sites (tertiary alicyclic amines) is 1. The first-order valence-electron chi connectivity index (χ1n) is 14.4. The number of amides is 1. The molecule has 1 aliphatic heterocycles. The average molecular weight is 561 g/mol. The highest BCUT2D eigenvalue weighted by Crippen LogP contribution is 2.35. The fourth-order valence-electron chi connectivity index (χ4n) is 5.62. The smallest absolute Gasteiger partial charge is 0.410 e. The predicted octanol–water partition coefficient (Wildman–Crippen LogP) is 6.81. The lowest BCUT2D eigenvalue weighted by Crippen LogP contribution is -2.41. The van der Waals surface area contributed by atoms with Gasteiger partial charge in [-0.3, -0.25) is 4.40 Å². The van der Waals surface area contributed by atoms with Gasteiger partial charge in [0.2, 0.25) is 11.6 Å². The lowest BCUT2D eigenvalue weighted by atomic mass is 9.88. The van der Waals surface area contributed by atoms with Gasteiger partial charge < -0.3 is 24.1 Å². The van der Waals surface area contributed by atoms with Gasteiger partial charge in [0.05, 0.1) is 12.3 Å². The predicted molar refractivity (Wildman–Crippen MR) is 158 cm³/mol. The molecule has 1 N–H and O–H groups in total. The number of H-pyrrole nitrogens is 1. The van der Waals surface area contributed by atoms with Gasteiger partial charge in [0.15, 0.2) is 0 Å². The van der Waals surface area contributed by atoms with Crippen LogP contribution in [0.15, 0.2) is 42.6 Å². The Balaban J connectivity index is 1.38. The molecule has 9 heteroatoms. The van der Waals surface area contributed by atoms with E-state index in [9.17, 15) is 9.59 Å². The molecular formula is C32H40N4O5. The zero-order chi connectivity index (χ0) is 29.3. The topological polar surface area (TPSA) is 98.2 Å². The molecule has 41 heavy (non-hydrogen) atoms. The molecule has 5 rings (SSSR count). The van der Waals surface area contributed by atoms with Crippen molar-refractivity contribution in [1.82, 2.24) is 19.3 Å². The van der Waals surface area contributed by atoms with E-state index in [1.165, 1.54) is 16.5 Å². The van der Waals surface area contributed by atoms with E-state index in [1.54, 1.807) is 11.3 Å². The Morgan fingerprint density at radius 1 is 1.12 bits per heavy atom. The lowest BCUT2D eigenvalue weighted by molar-refractivity contribution is 0.0204. The summed E-state index contributed by atoms with van der Waals surface area (Å²) in [4.78, 5) is 35.0. The van der Waals surface area contributed by atoms with Crippen molar-refractivity contribution in [2.24, 2.45) is 0 Å². The van der Waals surface area contributed by atoms with Gasteiger partial charge in [-0.1, -0.05) is 26.0 Å². The van der Waals surface area contributed by atoms with Crippen LogP contribution in [0.2, 0.25) is 0 Å². The number of carbonyl (C=O) groups is 2. The van der Waals surface area contributed by atoms with Crippen LogP contribution in [0.3, 0.4) is 0 Å². The number of aromatic amines is 1. The molecule has 0 bridgehead atoms. The molecule has 9 nitrogen and oxygen atoms in total. The van der Waals surface area contributed by atoms with Gasteiger partial charge in [0.25, 0.3) is 0 Å². The second kappa shape index (κ2) is 11.5. The van der Waals surface area contributed by atoms with Crippen LogP contribution >= 0.6 is 0 Å². The maximum atomic E-state index is 12.7. The first kappa shape index (κ1) is 28.5. The molecule has 3 aromatic heterocycles. The van der Waals surface area contributed by atoms with E-state index in [1.807, 2.05) is 50.1 Å². The van der Waals surface area contributed by atoms with Crippen LogP contribution in [-0.2, 0) is 16.1 Å². The number of hydrogen-bond donors (Lipinski definition) is 1. The van der Waals surface area contributed by atoms with Gasteiger partial charge >= 0.3 is 12.1 Å². The van der Waals surface area contributed by atoms with Crippen molar-refractivity contribution < 1.29 is 23.8 Å². The summed E-state index contributed by atoms with van der Waals surface area (Å²) in [6, 6.07) is 12.2. The number of esters is 1. The van der Waals surface area contributed by atoms with Crippen molar-refractivity contribution in [1.29, 1.82) is 0 Å². The van der Waals surface area contributed by atoms with Crippen molar-refractivity contribution in [3.05, 3.63) is 65.1 Å². The minimum absolute atomic E-state index is 0.167. The molecule has 1 aromatic carbocycles. The summed E-state index contributed by atoms with van der Waals surface area (Å²) in [5.74, 6) is 0.482. The molecule has 1 saturated heterocycles. The van der Waals surface area contributed by atoms with Crippen LogP contribution in [0, 0.1) is 0 Å². The third kappa shape index (κ3) is 6.04. The fourth-order valence-corrected chi connectivity index (χ4v) is 5.62. The molecule has 0 radical (unpaired) electrons. The summed E-state index contributed by atoms with van der Waals surface area (Å²) >= 11 is 0. The number of nitrogens with zero attached hydrogens (tertiary/aromatic N) is 3. The quantitative estimate of drug-likeness (QED) is 0.249. The number of rotatable bonds is 7. The SMILES string of the molecule is CCOC(=O)c1nc2ccccn2c1OCc1[nH]c2ccc(C3CCN(C(=O)OC(C)(C)C)CC3)cc2c1C(C)C. The Hall–Kier alpha value is -4.01. The van der Waals surface area contributed by atoms with Gasteiger partial charge in [-0.2, -0.15) is 0 Å². The summed E-state index contributed by atoms with van der Waals surface area (Å²) in [5, 5.41) is 1.18. The lowest BCUT2D eigenvalue weighted by Gasteiger charge is -2.33. The first-order chi connectivity index (χ1) is 19.6. The average Bonchev–Trinajstić information content (AvgIpc) is 3.49. The van der Waals surface area contributed by atoms with E-state index in [2.05, 4.69) is 42.0 Å². The first-order valence-corrected chi connectivity index (χ1v) is 14.4. The van der Waals surface area contributed by atoms with E-state index < -0.39 is 11.6 Å². The monoisotopic (exact) mass is 560 g/mol. The molecule has 4 heterocycles. The molecule has 0 saturated carbocycles. The van der Waals surface area contributed by atoms with Gasteiger partial charge in [-0.05, 0) is 87.8 Å². The maximum Gasteiger partial charge on any atom is 0.410 e. The molecule has 0 spiro atoms. The number of piperidine rings is 1. The summed E-state index contributed by atoms with van der Waals surface area (Å²) in [7, 11) is 0. The molecule has 4 aromatic rings. The molecule has 1 aliphatic rings. The van der Waals surface area contributed by atoms with E-state index in [4.69, 9.17) is 14.2 Å². The molecule has 0 unspecified atom stereocenters. The Morgan fingerprint density at radius 3 is 2.56 bits per heavy atom. The molecule has 0 atom stereocenters. The van der Waals surface area contributed by atoms with Crippen LogP contribution < -0.4 is 4.74 Å².